The number of thiophene rings is 1. The Hall–Kier alpha value is -2.29. The molecule has 7 nitrogen and oxygen atoms in total. The normalized spacial score (nSPS) is 21.9. The van der Waals surface area contributed by atoms with Crippen LogP contribution in [0.3, 0.4) is 0 Å². The minimum atomic E-state index is -0.364. The fourth-order valence-corrected chi connectivity index (χ4v) is 6.05. The topological polar surface area (TPSA) is 85.3 Å². The van der Waals surface area contributed by atoms with Crippen LogP contribution in [0.2, 0.25) is 0 Å². The number of aromatic nitrogens is 2. The molecule has 3 atom stereocenters. The van der Waals surface area contributed by atoms with Crippen molar-refractivity contribution in [3.63, 3.8) is 0 Å². The number of ether oxygens (including phenoxy) is 2. The first kappa shape index (κ1) is 21.9. The van der Waals surface area contributed by atoms with Crippen LogP contribution < -0.4 is 26.0 Å². The monoisotopic (exact) mass is 463 g/mol. The van der Waals surface area contributed by atoms with Crippen LogP contribution in [0.5, 0.6) is 10.8 Å². The molecule has 0 saturated carbocycles. The Balaban J connectivity index is 0.00000231. The van der Waals surface area contributed by atoms with Crippen molar-refractivity contribution in [3.8, 4) is 10.8 Å². The maximum Gasteiger partial charge on any atom is 0.329 e. The zero-order chi connectivity index (χ0) is 20.8. The predicted molar refractivity (Wildman–Crippen MR) is 124 cm³/mol. The molecular weight excluding hydrogens is 438 g/mol. The minimum absolute atomic E-state index is 0. The summed E-state index contributed by atoms with van der Waals surface area (Å²) in [6.45, 7) is 1.35. The first-order valence-electron chi connectivity index (χ1n) is 10.3. The van der Waals surface area contributed by atoms with E-state index in [1.807, 2.05) is 6.07 Å². The van der Waals surface area contributed by atoms with Gasteiger partial charge in [0.2, 0.25) is 0 Å². The molecule has 2 N–H and O–H groups in total. The van der Waals surface area contributed by atoms with E-state index in [-0.39, 0.29) is 29.7 Å². The van der Waals surface area contributed by atoms with Crippen molar-refractivity contribution >= 4 is 34.0 Å². The minimum Gasteiger partial charge on any atom is -0.496 e. The third kappa shape index (κ3) is 3.66. The maximum atomic E-state index is 12.9. The molecule has 0 amide bonds. The summed E-state index contributed by atoms with van der Waals surface area (Å²) in [6.07, 6.45) is 2.88. The van der Waals surface area contributed by atoms with E-state index < -0.39 is 0 Å². The van der Waals surface area contributed by atoms with Gasteiger partial charge in [-0.1, -0.05) is 23.5 Å². The van der Waals surface area contributed by atoms with Gasteiger partial charge in [0.15, 0.2) is 5.06 Å². The van der Waals surface area contributed by atoms with Gasteiger partial charge in [-0.2, -0.15) is 0 Å². The van der Waals surface area contributed by atoms with E-state index in [9.17, 15) is 9.59 Å². The van der Waals surface area contributed by atoms with Crippen LogP contribution in [-0.4, -0.2) is 36.4 Å². The first-order valence-corrected chi connectivity index (χ1v) is 11.1. The second-order valence-corrected chi connectivity index (χ2v) is 9.07. The van der Waals surface area contributed by atoms with Crippen LogP contribution in [0.25, 0.3) is 10.2 Å². The summed E-state index contributed by atoms with van der Waals surface area (Å²) in [5, 5.41) is 4.77. The number of rotatable bonds is 5. The van der Waals surface area contributed by atoms with Gasteiger partial charge >= 0.3 is 5.69 Å². The third-order valence-corrected chi connectivity index (χ3v) is 7.62. The van der Waals surface area contributed by atoms with Crippen LogP contribution in [0, 0.1) is 5.92 Å². The summed E-state index contributed by atoms with van der Waals surface area (Å²) in [7, 11) is 3.28. The van der Waals surface area contributed by atoms with E-state index in [1.165, 1.54) is 27.0 Å². The highest BCUT2D eigenvalue weighted by molar-refractivity contribution is 7.20. The second-order valence-electron chi connectivity index (χ2n) is 8.06. The van der Waals surface area contributed by atoms with Gasteiger partial charge < -0.3 is 14.8 Å². The molecule has 5 rings (SSSR count). The number of hydrogen-bond acceptors (Lipinski definition) is 6. The van der Waals surface area contributed by atoms with Crippen LogP contribution in [0.15, 0.2) is 33.9 Å². The van der Waals surface area contributed by atoms with Gasteiger partial charge in [0.1, 0.15) is 10.6 Å². The average Bonchev–Trinajstić information content (AvgIpc) is 3.37. The Kier molecular flexibility index (Phi) is 6.14. The number of hydrogen-bond donors (Lipinski definition) is 2. The van der Waals surface area contributed by atoms with Crippen LogP contribution >= 0.6 is 23.7 Å². The van der Waals surface area contributed by atoms with E-state index in [0.717, 1.165) is 25.1 Å². The lowest BCUT2D eigenvalue weighted by Crippen LogP contribution is -2.37. The van der Waals surface area contributed by atoms with Crippen LogP contribution in [-0.2, 0) is 13.0 Å². The Labute approximate surface area is 189 Å². The van der Waals surface area contributed by atoms with Crippen molar-refractivity contribution in [3.05, 3.63) is 56.2 Å². The van der Waals surface area contributed by atoms with Crippen molar-refractivity contribution in [2.45, 2.75) is 37.8 Å². The molecule has 0 spiro atoms. The molecule has 2 aromatic heterocycles. The molecule has 166 valence electrons. The predicted octanol–water partition coefficient (Wildman–Crippen LogP) is 2.90. The zero-order valence-corrected chi connectivity index (χ0v) is 19.1. The Morgan fingerprint density at radius 3 is 2.84 bits per heavy atom. The van der Waals surface area contributed by atoms with Gasteiger partial charge in [-0.05, 0) is 48.9 Å². The van der Waals surface area contributed by atoms with Gasteiger partial charge in [0.25, 0.3) is 5.56 Å². The van der Waals surface area contributed by atoms with E-state index in [1.54, 1.807) is 20.3 Å². The van der Waals surface area contributed by atoms with Crippen LogP contribution in [0.4, 0.5) is 0 Å². The molecule has 31 heavy (non-hydrogen) atoms. The average molecular weight is 464 g/mol. The van der Waals surface area contributed by atoms with Gasteiger partial charge in [-0.3, -0.25) is 14.3 Å². The molecule has 0 radical (unpaired) electrons. The highest BCUT2D eigenvalue weighted by atomic mass is 35.5. The molecule has 0 bridgehead atoms. The van der Waals surface area contributed by atoms with Gasteiger partial charge in [0, 0.05) is 24.6 Å². The SMILES string of the molecule is COc1cc2c(=O)n(CCC3NC[C@@H]4CCc5c(OC)cccc5[C@H]34)c(=O)[nH]c2s1.Cl. The third-order valence-electron chi connectivity index (χ3n) is 6.61. The number of H-pyrrole nitrogens is 1. The number of halogens is 1. The highest BCUT2D eigenvalue weighted by Crippen LogP contribution is 2.45. The maximum absolute atomic E-state index is 12.9. The summed E-state index contributed by atoms with van der Waals surface area (Å²) >= 11 is 1.27. The molecule has 3 heterocycles. The standard InChI is InChI=1S/C22H25N3O4S.ClH/c1-28-17-5-3-4-14-13(17)7-6-12-11-23-16(19(12)14)8-9-25-21(26)15-10-18(29-2)30-20(15)24-22(25)27;/h3-5,10,12,16,19,23H,6-9,11H2,1-2H3,(H,24,27);1H/t12-,16?,19+;/m0./s1. The van der Waals surface area contributed by atoms with Crippen molar-refractivity contribution in [2.24, 2.45) is 5.92 Å². The van der Waals surface area contributed by atoms with E-state index >= 15 is 0 Å². The van der Waals surface area contributed by atoms with Crippen LogP contribution in [0.1, 0.15) is 29.9 Å². The molecule has 1 saturated heterocycles. The van der Waals surface area contributed by atoms with Crippen molar-refractivity contribution < 1.29 is 9.47 Å². The highest BCUT2D eigenvalue weighted by Gasteiger charge is 2.40. The molecule has 1 fully saturated rings. The number of aromatic amines is 1. The lowest BCUT2D eigenvalue weighted by molar-refractivity contribution is 0.371. The number of nitrogens with zero attached hydrogens (tertiary/aromatic N) is 1. The Bertz CT molecular complexity index is 1220. The van der Waals surface area contributed by atoms with Gasteiger partial charge in [-0.15, -0.1) is 12.4 Å². The van der Waals surface area contributed by atoms with E-state index in [0.29, 0.717) is 40.1 Å². The number of benzene rings is 1. The summed E-state index contributed by atoms with van der Waals surface area (Å²) in [5.74, 6) is 1.91. The molecule has 1 aliphatic heterocycles. The largest absolute Gasteiger partial charge is 0.496 e. The lowest BCUT2D eigenvalue weighted by Gasteiger charge is -2.32. The Morgan fingerprint density at radius 1 is 1.23 bits per heavy atom. The molecule has 1 aliphatic carbocycles. The van der Waals surface area contributed by atoms with E-state index in [4.69, 9.17) is 9.47 Å². The number of fused-ring (bicyclic) bond motifs is 4. The summed E-state index contributed by atoms with van der Waals surface area (Å²) in [5.41, 5.74) is 2.03. The van der Waals surface area contributed by atoms with Gasteiger partial charge in [-0.25, -0.2) is 4.79 Å². The molecule has 1 unspecified atom stereocenters. The molecule has 3 aromatic rings. The molecule has 9 heteroatoms. The van der Waals surface area contributed by atoms with Crippen molar-refractivity contribution in [2.75, 3.05) is 20.8 Å². The zero-order valence-electron chi connectivity index (χ0n) is 17.5. The smallest absolute Gasteiger partial charge is 0.329 e. The van der Waals surface area contributed by atoms with E-state index in [2.05, 4.69) is 22.4 Å². The lowest BCUT2D eigenvalue weighted by atomic mass is 9.73. The summed E-state index contributed by atoms with van der Waals surface area (Å²) in [4.78, 5) is 28.8. The fourth-order valence-electron chi connectivity index (χ4n) is 5.20. The fraction of sp³-hybridized carbons (Fsp3) is 0.455. The van der Waals surface area contributed by atoms with Crippen molar-refractivity contribution in [1.82, 2.24) is 14.9 Å². The molecule has 1 aromatic carbocycles. The molecular formula is C22H26ClN3O4S. The van der Waals surface area contributed by atoms with Crippen molar-refractivity contribution in [1.29, 1.82) is 0 Å². The number of nitrogens with one attached hydrogen (secondary N) is 2. The first-order chi connectivity index (χ1) is 14.6. The Morgan fingerprint density at radius 2 is 2.06 bits per heavy atom. The summed E-state index contributed by atoms with van der Waals surface area (Å²) < 4.78 is 12.1. The second kappa shape index (κ2) is 8.68. The number of methoxy groups -OCH3 is 2. The molecule has 2 aliphatic rings. The quantitative estimate of drug-likeness (QED) is 0.607. The van der Waals surface area contributed by atoms with Gasteiger partial charge in [0.05, 0.1) is 19.6 Å². The summed E-state index contributed by atoms with van der Waals surface area (Å²) in [6, 6.07) is 8.21.